The molecule has 7 nitrogen and oxygen atoms in total. The number of carbonyl (C=O) groups excluding carboxylic acids is 3. The lowest BCUT2D eigenvalue weighted by Gasteiger charge is -2.36. The summed E-state index contributed by atoms with van der Waals surface area (Å²) >= 11 is 0. The van der Waals surface area contributed by atoms with Gasteiger partial charge in [-0.3, -0.25) is 9.59 Å². The van der Waals surface area contributed by atoms with E-state index in [9.17, 15) is 14.4 Å². The summed E-state index contributed by atoms with van der Waals surface area (Å²) in [6, 6.07) is -0.461. The molecule has 21 heavy (non-hydrogen) atoms. The van der Waals surface area contributed by atoms with Crippen molar-refractivity contribution in [1.29, 1.82) is 0 Å². The van der Waals surface area contributed by atoms with Crippen molar-refractivity contribution in [3.8, 4) is 0 Å². The number of ether oxygens (including phenoxy) is 1. The Hall–Kier alpha value is -1.79. The van der Waals surface area contributed by atoms with Gasteiger partial charge in [0.05, 0.1) is 18.9 Å². The van der Waals surface area contributed by atoms with Crippen LogP contribution < -0.4 is 5.73 Å². The van der Waals surface area contributed by atoms with Gasteiger partial charge in [0.25, 0.3) is 0 Å². The standard InChI is InChI=1S/C14H23N3O4/c1-21-13(19)10-4-7-16(8-5-10)12(18)11-3-2-6-17(9-11)14(15)20/h10-11H,2-9H2,1H3,(H2,15,20). The fourth-order valence-electron chi connectivity index (χ4n) is 3.14. The predicted octanol–water partition coefficient (Wildman–Crippen LogP) is 0.189. The fourth-order valence-corrected chi connectivity index (χ4v) is 3.14. The van der Waals surface area contributed by atoms with E-state index in [1.807, 2.05) is 0 Å². The number of primary amides is 1. The van der Waals surface area contributed by atoms with Crippen molar-refractivity contribution in [2.45, 2.75) is 25.7 Å². The van der Waals surface area contributed by atoms with Crippen LogP contribution in [-0.2, 0) is 14.3 Å². The highest BCUT2D eigenvalue weighted by molar-refractivity contribution is 5.81. The lowest BCUT2D eigenvalue weighted by atomic mass is 9.93. The third kappa shape index (κ3) is 3.65. The molecule has 2 N–H and O–H groups in total. The second-order valence-corrected chi connectivity index (χ2v) is 5.75. The van der Waals surface area contributed by atoms with Crippen LogP contribution in [-0.4, -0.2) is 61.0 Å². The van der Waals surface area contributed by atoms with Crippen molar-refractivity contribution in [3.63, 3.8) is 0 Å². The zero-order valence-electron chi connectivity index (χ0n) is 12.4. The Morgan fingerprint density at radius 1 is 1.00 bits per heavy atom. The summed E-state index contributed by atoms with van der Waals surface area (Å²) in [6.07, 6.45) is 2.88. The predicted molar refractivity (Wildman–Crippen MR) is 75.2 cm³/mol. The van der Waals surface area contributed by atoms with Crippen LogP contribution in [0.2, 0.25) is 0 Å². The summed E-state index contributed by atoms with van der Waals surface area (Å²) in [5.41, 5.74) is 5.29. The number of hydrogen-bond acceptors (Lipinski definition) is 4. The van der Waals surface area contributed by atoms with Gasteiger partial charge in [-0.25, -0.2) is 4.79 Å². The molecule has 2 aliphatic heterocycles. The van der Waals surface area contributed by atoms with E-state index >= 15 is 0 Å². The molecule has 0 aliphatic carbocycles. The number of amides is 3. The van der Waals surface area contributed by atoms with Crippen LogP contribution >= 0.6 is 0 Å². The Labute approximate surface area is 124 Å². The van der Waals surface area contributed by atoms with Crippen molar-refractivity contribution in [1.82, 2.24) is 9.80 Å². The Bertz CT molecular complexity index is 418. The maximum absolute atomic E-state index is 12.5. The Kier molecular flexibility index (Phi) is 5.03. The van der Waals surface area contributed by atoms with Crippen LogP contribution in [0.15, 0.2) is 0 Å². The van der Waals surface area contributed by atoms with E-state index in [0.29, 0.717) is 39.0 Å². The monoisotopic (exact) mass is 297 g/mol. The first kappa shape index (κ1) is 15.6. The summed E-state index contributed by atoms with van der Waals surface area (Å²) < 4.78 is 4.74. The van der Waals surface area contributed by atoms with E-state index in [1.54, 1.807) is 4.90 Å². The minimum atomic E-state index is -0.461. The van der Waals surface area contributed by atoms with Gasteiger partial charge in [-0.05, 0) is 25.7 Å². The Morgan fingerprint density at radius 2 is 1.67 bits per heavy atom. The van der Waals surface area contributed by atoms with Crippen LogP contribution in [0, 0.1) is 11.8 Å². The molecule has 7 heteroatoms. The highest BCUT2D eigenvalue weighted by Crippen LogP contribution is 2.23. The molecule has 0 radical (unpaired) electrons. The van der Waals surface area contributed by atoms with Crippen molar-refractivity contribution in [3.05, 3.63) is 0 Å². The summed E-state index contributed by atoms with van der Waals surface area (Å²) in [5.74, 6) is -0.391. The minimum absolute atomic E-state index is 0.0734. The second-order valence-electron chi connectivity index (χ2n) is 5.75. The van der Waals surface area contributed by atoms with Gasteiger partial charge < -0.3 is 20.3 Å². The third-order valence-electron chi connectivity index (χ3n) is 4.42. The summed E-state index contributed by atoms with van der Waals surface area (Å²) in [6.45, 7) is 2.19. The summed E-state index contributed by atoms with van der Waals surface area (Å²) in [7, 11) is 1.39. The largest absolute Gasteiger partial charge is 0.469 e. The topological polar surface area (TPSA) is 92.9 Å². The maximum Gasteiger partial charge on any atom is 0.314 e. The number of rotatable bonds is 2. The molecule has 118 valence electrons. The first-order valence-corrected chi connectivity index (χ1v) is 7.44. The lowest BCUT2D eigenvalue weighted by Crippen LogP contribution is -2.50. The average Bonchev–Trinajstić information content (AvgIpc) is 2.53. The zero-order chi connectivity index (χ0) is 15.4. The highest BCUT2D eigenvalue weighted by Gasteiger charge is 2.33. The molecule has 2 rings (SSSR count). The van der Waals surface area contributed by atoms with Crippen molar-refractivity contribution in [2.24, 2.45) is 17.6 Å². The van der Waals surface area contributed by atoms with Crippen LogP contribution in [0.3, 0.4) is 0 Å². The van der Waals surface area contributed by atoms with Crippen molar-refractivity contribution >= 4 is 17.9 Å². The number of nitrogens with two attached hydrogens (primary N) is 1. The van der Waals surface area contributed by atoms with Gasteiger partial charge in [-0.2, -0.15) is 0 Å². The smallest absolute Gasteiger partial charge is 0.314 e. The molecule has 0 bridgehead atoms. The van der Waals surface area contributed by atoms with Crippen LogP contribution in [0.1, 0.15) is 25.7 Å². The number of piperidine rings is 2. The number of hydrogen-bond donors (Lipinski definition) is 1. The molecule has 0 spiro atoms. The molecule has 2 aliphatic rings. The summed E-state index contributed by atoms with van der Waals surface area (Å²) in [5, 5.41) is 0. The molecule has 1 unspecified atom stereocenters. The van der Waals surface area contributed by atoms with Crippen LogP contribution in [0.5, 0.6) is 0 Å². The molecule has 1 atom stereocenters. The second kappa shape index (κ2) is 6.78. The van der Waals surface area contributed by atoms with E-state index in [2.05, 4.69) is 0 Å². The number of urea groups is 1. The van der Waals surface area contributed by atoms with E-state index in [-0.39, 0.29) is 23.7 Å². The van der Waals surface area contributed by atoms with E-state index in [4.69, 9.17) is 10.5 Å². The van der Waals surface area contributed by atoms with Crippen LogP contribution in [0.4, 0.5) is 4.79 Å². The van der Waals surface area contributed by atoms with Gasteiger partial charge >= 0.3 is 12.0 Å². The Morgan fingerprint density at radius 3 is 2.24 bits per heavy atom. The Balaban J connectivity index is 1.87. The number of carbonyl (C=O) groups is 3. The summed E-state index contributed by atoms with van der Waals surface area (Å²) in [4.78, 5) is 38.5. The molecular weight excluding hydrogens is 274 g/mol. The van der Waals surface area contributed by atoms with Gasteiger partial charge in [-0.15, -0.1) is 0 Å². The molecule has 2 saturated heterocycles. The molecule has 2 heterocycles. The lowest BCUT2D eigenvalue weighted by molar-refractivity contribution is -0.149. The molecule has 2 fully saturated rings. The van der Waals surface area contributed by atoms with E-state index in [1.165, 1.54) is 12.0 Å². The maximum atomic E-state index is 12.5. The molecule has 0 aromatic carbocycles. The average molecular weight is 297 g/mol. The number of likely N-dealkylation sites (tertiary alicyclic amines) is 2. The van der Waals surface area contributed by atoms with Crippen molar-refractivity contribution in [2.75, 3.05) is 33.3 Å². The first-order chi connectivity index (χ1) is 10.0. The van der Waals surface area contributed by atoms with Gasteiger partial charge in [0.1, 0.15) is 0 Å². The number of nitrogens with zero attached hydrogens (tertiary/aromatic N) is 2. The normalized spacial score (nSPS) is 23.8. The van der Waals surface area contributed by atoms with Crippen LogP contribution in [0.25, 0.3) is 0 Å². The van der Waals surface area contributed by atoms with Gasteiger partial charge in [0, 0.05) is 26.2 Å². The van der Waals surface area contributed by atoms with Gasteiger partial charge in [0.15, 0.2) is 0 Å². The van der Waals surface area contributed by atoms with Crippen molar-refractivity contribution < 1.29 is 19.1 Å². The number of methoxy groups -OCH3 is 1. The van der Waals surface area contributed by atoms with Gasteiger partial charge in [0.2, 0.25) is 5.91 Å². The molecular formula is C14H23N3O4. The van der Waals surface area contributed by atoms with E-state index < -0.39 is 6.03 Å². The highest BCUT2D eigenvalue weighted by atomic mass is 16.5. The first-order valence-electron chi connectivity index (χ1n) is 7.44. The van der Waals surface area contributed by atoms with Gasteiger partial charge in [-0.1, -0.05) is 0 Å². The SMILES string of the molecule is COC(=O)C1CCN(C(=O)C2CCCN(C(N)=O)C2)CC1. The number of esters is 1. The minimum Gasteiger partial charge on any atom is -0.469 e. The molecule has 3 amide bonds. The quantitative estimate of drug-likeness (QED) is 0.736. The zero-order valence-corrected chi connectivity index (χ0v) is 12.4. The molecule has 0 saturated carbocycles. The third-order valence-corrected chi connectivity index (χ3v) is 4.42. The molecule has 0 aromatic rings. The fraction of sp³-hybridized carbons (Fsp3) is 0.786. The molecule has 0 aromatic heterocycles. The van der Waals surface area contributed by atoms with E-state index in [0.717, 1.165) is 12.8 Å².